The predicted molar refractivity (Wildman–Crippen MR) is 142 cm³/mol. The Morgan fingerprint density at radius 1 is 1.16 bits per heavy atom. The molecule has 1 heterocycles. The van der Waals surface area contributed by atoms with Gasteiger partial charge in [-0.3, -0.25) is 0 Å². The number of carbonyl (C=O) groups is 1. The van der Waals surface area contributed by atoms with Gasteiger partial charge in [0.1, 0.15) is 29.0 Å². The minimum absolute atomic E-state index is 0.00240. The van der Waals surface area contributed by atoms with Gasteiger partial charge in [0.05, 0.1) is 24.0 Å². The maximum absolute atomic E-state index is 14.1. The lowest BCUT2D eigenvalue weighted by Gasteiger charge is -2.16. The number of furan rings is 1. The van der Waals surface area contributed by atoms with Crippen LogP contribution < -0.4 is 0 Å². The SMILES string of the molecule is CCN(CC)C/C=C\c1cc(F)ccc1S(=O)(=O)Cc1ccc(-c2ccoc2C(C)O)c(O)c1C(=O)OC. The molecule has 1 unspecified atom stereocenters. The normalized spacial score (nSPS) is 12.8. The summed E-state index contributed by atoms with van der Waals surface area (Å²) in [5.74, 6) is -2.51. The van der Waals surface area contributed by atoms with Crippen LogP contribution in [0.15, 0.2) is 58.1 Å². The van der Waals surface area contributed by atoms with Crippen molar-refractivity contribution in [3.8, 4) is 16.9 Å². The lowest BCUT2D eigenvalue weighted by molar-refractivity contribution is 0.0596. The van der Waals surface area contributed by atoms with Crippen molar-refractivity contribution in [2.45, 2.75) is 37.5 Å². The second-order valence-electron chi connectivity index (χ2n) is 8.69. The van der Waals surface area contributed by atoms with Gasteiger partial charge in [0, 0.05) is 17.7 Å². The summed E-state index contributed by atoms with van der Waals surface area (Å²) >= 11 is 0. The molecule has 0 aliphatic rings. The first-order valence-electron chi connectivity index (χ1n) is 12.1. The summed E-state index contributed by atoms with van der Waals surface area (Å²) < 4.78 is 51.2. The molecule has 1 atom stereocenters. The molecule has 10 heteroatoms. The number of likely N-dealkylation sites (N-methyl/N-ethyl adjacent to an activating group) is 1. The van der Waals surface area contributed by atoms with Crippen molar-refractivity contribution >= 4 is 21.9 Å². The number of nitrogens with zero attached hydrogens (tertiary/aromatic N) is 1. The number of rotatable bonds is 11. The topological polar surface area (TPSA) is 117 Å². The minimum Gasteiger partial charge on any atom is -0.506 e. The van der Waals surface area contributed by atoms with Crippen LogP contribution in [0.2, 0.25) is 0 Å². The number of benzene rings is 2. The Bertz CT molecular complexity index is 1420. The Morgan fingerprint density at radius 2 is 1.87 bits per heavy atom. The van der Waals surface area contributed by atoms with E-state index in [1.165, 1.54) is 37.5 Å². The smallest absolute Gasteiger partial charge is 0.341 e. The molecule has 0 amide bonds. The maximum atomic E-state index is 14.1. The van der Waals surface area contributed by atoms with E-state index in [4.69, 9.17) is 9.15 Å². The van der Waals surface area contributed by atoms with Crippen molar-refractivity contribution in [1.82, 2.24) is 4.90 Å². The third-order valence-electron chi connectivity index (χ3n) is 6.23. The molecular formula is C28H32FNO7S. The number of esters is 1. The van der Waals surface area contributed by atoms with Gasteiger partial charge in [-0.15, -0.1) is 0 Å². The fourth-order valence-corrected chi connectivity index (χ4v) is 5.76. The van der Waals surface area contributed by atoms with Gasteiger partial charge < -0.3 is 24.3 Å². The highest BCUT2D eigenvalue weighted by Crippen LogP contribution is 2.39. The predicted octanol–water partition coefficient (Wildman–Crippen LogP) is 4.96. The summed E-state index contributed by atoms with van der Waals surface area (Å²) in [5, 5.41) is 21.0. The van der Waals surface area contributed by atoms with Crippen molar-refractivity contribution in [1.29, 1.82) is 0 Å². The standard InChI is InChI=1S/C28H32FNO7S/c1-5-30(6-2)14-7-8-19-16-21(29)10-12-24(19)38(34,35)17-20-9-11-22(26(32)25(20)28(33)36-4)23-13-15-37-27(23)18(3)31/h7-13,15-16,18,31-32H,5-6,14,17H2,1-4H3/b8-7-. The fraction of sp³-hybridized carbons (Fsp3) is 0.321. The second-order valence-corrected chi connectivity index (χ2v) is 10.6. The molecule has 0 saturated heterocycles. The van der Waals surface area contributed by atoms with E-state index in [-0.39, 0.29) is 32.9 Å². The van der Waals surface area contributed by atoms with E-state index < -0.39 is 39.2 Å². The number of aliphatic hydroxyl groups is 1. The number of aromatic hydroxyl groups is 1. The first-order valence-corrected chi connectivity index (χ1v) is 13.8. The molecule has 0 bridgehead atoms. The number of hydrogen-bond donors (Lipinski definition) is 2. The molecule has 0 spiro atoms. The van der Waals surface area contributed by atoms with Crippen LogP contribution >= 0.6 is 0 Å². The fourth-order valence-electron chi connectivity index (χ4n) is 4.19. The van der Waals surface area contributed by atoms with Gasteiger partial charge in [-0.05, 0) is 55.4 Å². The zero-order chi connectivity index (χ0) is 28.0. The summed E-state index contributed by atoms with van der Waals surface area (Å²) in [6, 6.07) is 7.75. The van der Waals surface area contributed by atoms with Gasteiger partial charge in [0.2, 0.25) is 0 Å². The highest BCUT2D eigenvalue weighted by Gasteiger charge is 2.28. The Morgan fingerprint density at radius 3 is 2.50 bits per heavy atom. The van der Waals surface area contributed by atoms with Crippen LogP contribution in [-0.4, -0.2) is 56.2 Å². The van der Waals surface area contributed by atoms with Gasteiger partial charge in [-0.25, -0.2) is 17.6 Å². The van der Waals surface area contributed by atoms with Crippen molar-refractivity contribution in [3.05, 3.63) is 77.0 Å². The van der Waals surface area contributed by atoms with Crippen LogP contribution in [0.5, 0.6) is 5.75 Å². The van der Waals surface area contributed by atoms with Crippen molar-refractivity contribution in [2.24, 2.45) is 0 Å². The largest absolute Gasteiger partial charge is 0.506 e. The van der Waals surface area contributed by atoms with E-state index >= 15 is 0 Å². The molecule has 0 saturated carbocycles. The molecule has 3 rings (SSSR count). The van der Waals surface area contributed by atoms with Gasteiger partial charge in [-0.1, -0.05) is 38.1 Å². The number of sulfone groups is 1. The Kier molecular flexibility index (Phi) is 9.48. The number of aliphatic hydroxyl groups excluding tert-OH is 1. The second kappa shape index (κ2) is 12.4. The van der Waals surface area contributed by atoms with Crippen molar-refractivity contribution in [3.63, 3.8) is 0 Å². The zero-order valence-corrected chi connectivity index (χ0v) is 22.6. The van der Waals surface area contributed by atoms with Crippen molar-refractivity contribution < 1.29 is 37.0 Å². The number of phenolic OH excluding ortho intramolecular Hbond substituents is 1. The summed E-state index contributed by atoms with van der Waals surface area (Å²) in [7, 11) is -2.99. The summed E-state index contributed by atoms with van der Waals surface area (Å²) in [6.07, 6.45) is 3.67. The van der Waals surface area contributed by atoms with Gasteiger partial charge >= 0.3 is 5.97 Å². The monoisotopic (exact) mass is 545 g/mol. The average Bonchev–Trinajstić information content (AvgIpc) is 3.36. The zero-order valence-electron chi connectivity index (χ0n) is 21.8. The maximum Gasteiger partial charge on any atom is 0.341 e. The van der Waals surface area contributed by atoms with Gasteiger partial charge in [-0.2, -0.15) is 0 Å². The molecule has 0 fully saturated rings. The molecule has 8 nitrogen and oxygen atoms in total. The number of phenols is 1. The number of halogens is 1. The molecule has 0 aliphatic heterocycles. The van der Waals surface area contributed by atoms with Crippen molar-refractivity contribution in [2.75, 3.05) is 26.7 Å². The van der Waals surface area contributed by atoms with Crippen LogP contribution in [0.25, 0.3) is 17.2 Å². The minimum atomic E-state index is -4.10. The molecule has 0 aliphatic carbocycles. The lowest BCUT2D eigenvalue weighted by Crippen LogP contribution is -2.22. The van der Waals surface area contributed by atoms with E-state index in [0.717, 1.165) is 32.3 Å². The average molecular weight is 546 g/mol. The van der Waals surface area contributed by atoms with Gasteiger partial charge in [0.15, 0.2) is 9.84 Å². The number of ether oxygens (including phenoxy) is 1. The van der Waals surface area contributed by atoms with Crippen LogP contribution in [0.3, 0.4) is 0 Å². The molecule has 3 aromatic rings. The number of hydrogen-bond acceptors (Lipinski definition) is 8. The van der Waals surface area contributed by atoms with Crippen LogP contribution in [-0.2, 0) is 20.3 Å². The van der Waals surface area contributed by atoms with E-state index in [9.17, 15) is 27.8 Å². The summed E-state index contributed by atoms with van der Waals surface area (Å²) in [5.41, 5.74) is 0.362. The van der Waals surface area contributed by atoms with Crippen LogP contribution in [0.1, 0.15) is 54.1 Å². The first-order chi connectivity index (χ1) is 18.0. The highest BCUT2D eigenvalue weighted by atomic mass is 32.2. The first kappa shape index (κ1) is 29.1. The summed E-state index contributed by atoms with van der Waals surface area (Å²) in [4.78, 5) is 14.7. The van der Waals surface area contributed by atoms with E-state index in [1.54, 1.807) is 12.2 Å². The van der Waals surface area contributed by atoms with Gasteiger partial charge in [0.25, 0.3) is 0 Å². The number of carbonyl (C=O) groups excluding carboxylic acids is 1. The molecule has 2 N–H and O–H groups in total. The molecule has 38 heavy (non-hydrogen) atoms. The molecular weight excluding hydrogens is 513 g/mol. The third kappa shape index (κ3) is 6.32. The number of methoxy groups -OCH3 is 1. The lowest BCUT2D eigenvalue weighted by atomic mass is 9.97. The summed E-state index contributed by atoms with van der Waals surface area (Å²) in [6.45, 7) is 7.68. The quantitative estimate of drug-likeness (QED) is 0.257. The highest BCUT2D eigenvalue weighted by molar-refractivity contribution is 7.90. The van der Waals surface area contributed by atoms with E-state index in [2.05, 4.69) is 4.90 Å². The van der Waals surface area contributed by atoms with Crippen LogP contribution in [0, 0.1) is 5.82 Å². The van der Waals surface area contributed by atoms with E-state index in [1.807, 2.05) is 13.8 Å². The Labute approximate surface area is 221 Å². The molecule has 2 aromatic carbocycles. The van der Waals surface area contributed by atoms with Crippen LogP contribution in [0.4, 0.5) is 4.39 Å². The third-order valence-corrected chi connectivity index (χ3v) is 7.96. The molecule has 1 aromatic heterocycles. The molecule has 0 radical (unpaired) electrons. The molecule has 204 valence electrons. The van der Waals surface area contributed by atoms with E-state index in [0.29, 0.717) is 12.1 Å². The Balaban J connectivity index is 2.06. The Hall–Kier alpha value is -3.47.